The van der Waals surface area contributed by atoms with Crippen molar-refractivity contribution < 1.29 is 33.4 Å². The third kappa shape index (κ3) is 21.3. The summed E-state index contributed by atoms with van der Waals surface area (Å²) in [7, 11) is 4.36. The number of fused-ring (bicyclic) bond motifs is 8. The predicted molar refractivity (Wildman–Crippen MR) is 583 cm³/mol. The number of likely N-dealkylation sites (tertiary alicyclic amines) is 2. The second-order valence-corrected chi connectivity index (χ2v) is 40.2. The molecule has 25 rings (SSSR count). The predicted octanol–water partition coefficient (Wildman–Crippen LogP) is 17.7. The maximum absolute atomic E-state index is 13.8. The number of piperidine rings is 2. The molecule has 7 unspecified atom stereocenters. The molecule has 4 aliphatic carbocycles. The van der Waals surface area contributed by atoms with Gasteiger partial charge in [0.25, 0.3) is 16.7 Å². The lowest BCUT2D eigenvalue weighted by atomic mass is 9.86. The minimum atomic E-state index is -0.771. The van der Waals surface area contributed by atoms with E-state index in [1.807, 2.05) is 182 Å². The Morgan fingerprint density at radius 2 is 1.07 bits per heavy atom. The van der Waals surface area contributed by atoms with E-state index in [4.69, 9.17) is 35.6 Å². The molecule has 150 heavy (non-hydrogen) atoms. The molecule has 0 bridgehead atoms. The van der Waals surface area contributed by atoms with E-state index in [1.54, 1.807) is 41.5 Å². The van der Waals surface area contributed by atoms with Gasteiger partial charge in [0, 0.05) is 149 Å². The van der Waals surface area contributed by atoms with Gasteiger partial charge in [-0.2, -0.15) is 19.9 Å². The molecule has 758 valence electrons. The van der Waals surface area contributed by atoms with Crippen molar-refractivity contribution in [3.63, 3.8) is 0 Å². The van der Waals surface area contributed by atoms with Crippen LogP contribution < -0.4 is 68.3 Å². The number of carbonyl (C=O) groups is 4. The molecule has 0 radical (unpaired) electrons. The molecule has 7 aromatic heterocycles. The van der Waals surface area contributed by atoms with Gasteiger partial charge in [-0.15, -0.1) is 6.42 Å². The lowest BCUT2D eigenvalue weighted by molar-refractivity contribution is -0.120. The van der Waals surface area contributed by atoms with Gasteiger partial charge in [-0.25, -0.2) is 19.9 Å². The Morgan fingerprint density at radius 3 is 1.71 bits per heavy atom. The number of ether oxygens (including phenoxy) is 3. The number of rotatable bonds is 20. The number of nitrogens with zero attached hydrogens (tertiary/aromatic N) is 14. The molecular formula is C119H117N21O10. The normalized spacial score (nSPS) is 19.9. The van der Waals surface area contributed by atoms with Crippen molar-refractivity contribution in [2.45, 2.75) is 151 Å². The highest BCUT2D eigenvalue weighted by Gasteiger charge is 2.40. The fourth-order valence-corrected chi connectivity index (χ4v) is 22.0. The van der Waals surface area contributed by atoms with Crippen LogP contribution in [-0.4, -0.2) is 178 Å². The minimum absolute atomic E-state index is 0.0198. The Morgan fingerprint density at radius 1 is 0.493 bits per heavy atom. The molecule has 7 atom stereocenters. The minimum Gasteiger partial charge on any atom is -0.489 e. The van der Waals surface area contributed by atoms with Gasteiger partial charge in [-0.1, -0.05) is 140 Å². The van der Waals surface area contributed by atoms with Gasteiger partial charge in [-0.05, 0) is 271 Å². The maximum Gasteiger partial charge on any atom is 0.295 e. The second kappa shape index (κ2) is 43.6. The zero-order chi connectivity index (χ0) is 103. The number of terminal acetylenes is 1. The van der Waals surface area contributed by atoms with Gasteiger partial charge < -0.3 is 66.1 Å². The summed E-state index contributed by atoms with van der Waals surface area (Å²) < 4.78 is 22.1. The number of Topliss-reactive ketones (excluding diaryl/α,β-unsaturated/α-hetero) is 3. The van der Waals surface area contributed by atoms with Gasteiger partial charge in [0.05, 0.1) is 37.0 Å². The van der Waals surface area contributed by atoms with Crippen LogP contribution in [0.2, 0.25) is 0 Å². The van der Waals surface area contributed by atoms with Gasteiger partial charge in [0.2, 0.25) is 29.7 Å². The van der Waals surface area contributed by atoms with Crippen LogP contribution in [0.15, 0.2) is 270 Å². The summed E-state index contributed by atoms with van der Waals surface area (Å²) in [5, 5.41) is 24.8. The molecule has 4 saturated heterocycles. The molecule has 8 aromatic carbocycles. The number of anilines is 10. The van der Waals surface area contributed by atoms with Crippen molar-refractivity contribution in [1.82, 2.24) is 74.0 Å². The lowest BCUT2D eigenvalue weighted by Gasteiger charge is -2.37. The number of hydrogen-bond acceptors (Lipinski definition) is 27. The molecule has 1 amide bonds. The number of aromatic nitrogens is 11. The van der Waals surface area contributed by atoms with E-state index in [0.717, 1.165) is 168 Å². The SMILES string of the molecule is C#Cc1cc2cnc(Nc3ccc(C4CNCCO4)cc3)nc2n(C2CCc3ccccc3C2=O)c1=O.C=C1C=Cc2cnc(Nc3ccc(OC4CCNC4)cc3)nc2N1C1Cc2ccccc2CC1=O.CCOc1cc2cnc(Nc3ccc(C4CCN(C)CC4)cc3)nc2n(C2Cc3ccccc3NC2=O)c1=O.CN1CCCC(c2ccc(Nc3ncc4cc(C5CC5)c(=O)n(C5CC(=O)c6ccccc6C5)c4n3)cc2)C1. The van der Waals surface area contributed by atoms with E-state index in [-0.39, 0.29) is 64.4 Å². The molecule has 5 fully saturated rings. The lowest BCUT2D eigenvalue weighted by Crippen LogP contribution is -2.46. The van der Waals surface area contributed by atoms with Crippen molar-refractivity contribution in [2.24, 2.45) is 0 Å². The molecule has 31 heteroatoms. The number of pyridine rings is 3. The molecule has 1 saturated carbocycles. The third-order valence-corrected chi connectivity index (χ3v) is 30.1. The highest BCUT2D eigenvalue weighted by molar-refractivity contribution is 6.03. The van der Waals surface area contributed by atoms with Crippen LogP contribution in [0.4, 0.5) is 58.0 Å². The summed E-state index contributed by atoms with van der Waals surface area (Å²) in [6, 6.07) is 66.8. The van der Waals surface area contributed by atoms with Gasteiger partial charge >= 0.3 is 0 Å². The fraction of sp³-hybridized carbons (Fsp3) is 0.303. The fourth-order valence-electron chi connectivity index (χ4n) is 22.0. The number of nitrogens with one attached hydrogen (secondary N) is 7. The summed E-state index contributed by atoms with van der Waals surface area (Å²) in [4.78, 5) is 138. The number of amides is 1. The number of allylic oxidation sites excluding steroid dienone is 1. The number of aryl methyl sites for hydroxylation is 1. The van der Waals surface area contributed by atoms with E-state index in [0.29, 0.717) is 139 Å². The number of para-hydroxylation sites is 1. The highest BCUT2D eigenvalue weighted by Crippen LogP contribution is 2.43. The molecule has 13 heterocycles. The van der Waals surface area contributed by atoms with E-state index in [1.165, 1.54) is 45.2 Å². The summed E-state index contributed by atoms with van der Waals surface area (Å²) in [5.41, 5.74) is 17.8. The Balaban J connectivity index is 0.000000113. The van der Waals surface area contributed by atoms with Crippen LogP contribution in [0.3, 0.4) is 0 Å². The van der Waals surface area contributed by atoms with Crippen molar-refractivity contribution in [1.29, 1.82) is 0 Å². The topological polar surface area (TPSA) is 359 Å². The van der Waals surface area contributed by atoms with Crippen LogP contribution in [0.5, 0.6) is 11.5 Å². The summed E-state index contributed by atoms with van der Waals surface area (Å²) >= 11 is 0. The first kappa shape index (κ1) is 98.3. The first-order valence-electron chi connectivity index (χ1n) is 51.9. The smallest absolute Gasteiger partial charge is 0.295 e. The van der Waals surface area contributed by atoms with Crippen LogP contribution >= 0.6 is 0 Å². The van der Waals surface area contributed by atoms with Crippen molar-refractivity contribution in [3.8, 4) is 23.8 Å². The van der Waals surface area contributed by atoms with Crippen molar-refractivity contribution in [2.75, 3.05) is 111 Å². The Kier molecular flexibility index (Phi) is 28.6. The monoisotopic (exact) mass is 2000 g/mol. The summed E-state index contributed by atoms with van der Waals surface area (Å²) in [6.45, 7) is 15.1. The van der Waals surface area contributed by atoms with Crippen molar-refractivity contribution >= 4 is 120 Å². The first-order chi connectivity index (χ1) is 73.3. The molecule has 10 aliphatic rings. The third-order valence-electron chi connectivity index (χ3n) is 30.1. The molecule has 0 spiro atoms. The number of likely N-dealkylation sites (N-methyl/N-ethyl adjacent to an activating group) is 1. The van der Waals surface area contributed by atoms with Crippen LogP contribution in [0.1, 0.15) is 189 Å². The molecular weight excluding hydrogens is 1880 g/mol. The molecule has 31 nitrogen and oxygen atoms in total. The number of carbonyl (C=O) groups excluding carboxylic acids is 4. The zero-order valence-corrected chi connectivity index (χ0v) is 84.0. The second-order valence-electron chi connectivity index (χ2n) is 40.2. The molecule has 15 aromatic rings. The Bertz CT molecular complexity index is 7960. The number of morpholine rings is 1. The summed E-state index contributed by atoms with van der Waals surface area (Å²) in [5.74, 6) is 7.07. The van der Waals surface area contributed by atoms with Crippen LogP contribution in [-0.2, 0) is 46.4 Å². The number of ketones is 3. The number of benzene rings is 8. The zero-order valence-electron chi connectivity index (χ0n) is 84.0. The Hall–Kier alpha value is -16.4. The van der Waals surface area contributed by atoms with Gasteiger partial charge in [0.1, 0.15) is 46.7 Å². The first-order valence-corrected chi connectivity index (χ1v) is 51.9. The van der Waals surface area contributed by atoms with E-state index in [9.17, 15) is 33.6 Å². The average molecular weight is 2000 g/mol. The van der Waals surface area contributed by atoms with Gasteiger partial charge in [0.15, 0.2) is 23.1 Å². The van der Waals surface area contributed by atoms with Crippen molar-refractivity contribution in [3.05, 3.63) is 359 Å². The number of hydrogen-bond donors (Lipinski definition) is 7. The average Bonchev–Trinajstić information content (AvgIpc) is 1.13. The largest absolute Gasteiger partial charge is 0.489 e. The molecule has 7 N–H and O–H groups in total. The quantitative estimate of drug-likeness (QED) is 0.0348. The maximum atomic E-state index is 13.8. The van der Waals surface area contributed by atoms with E-state index in [2.05, 4.69) is 141 Å². The van der Waals surface area contributed by atoms with E-state index < -0.39 is 23.2 Å². The van der Waals surface area contributed by atoms with Crippen LogP contribution in [0.25, 0.3) is 39.2 Å². The molecule has 6 aliphatic heterocycles. The highest BCUT2D eigenvalue weighted by atomic mass is 16.5. The Labute approximate surface area is 867 Å². The summed E-state index contributed by atoms with van der Waals surface area (Å²) in [6.07, 6.45) is 28.0. The van der Waals surface area contributed by atoms with Crippen LogP contribution in [0, 0.1) is 12.3 Å². The standard InChI is InChI=1S/C32H33N5O2.C30H32N6O3.C29H25N5O3.C28H27N5O2/c1-36-14-4-6-23(19-36)20-10-12-25(13-11-20)34-32-33-18-24-16-28(21-8-9-21)31(39)37(30(24)35-32)26-15-22-5-2-3-7-27(22)29(38)17-26;1-3-39-26-17-22-18-31-30(32-23-10-8-19(9-11-23)20-12-14-35(2)15-13-20)34-27(22)36(29(26)38)25-16-21-6-4-5-7-24(21)33-28(25)37;1-2-18-15-21-16-31-29(32-22-10-7-20(8-11-22)25-17-30-13-14-37-25)33-27(21)34(28(18)36)24-12-9-19-5-3-4-6-23(19)26(24)35;1-18-6-7-21-16-30-28(31-22-8-10-23(11-9-22)35-24-12-13-29-17-24)32-27(21)33(18)25-14-19-4-2-3-5-20(19)15-26(25)34/h2-3,5,7,10-13,16,18,21,23,26H,4,6,8-9,14-15,17,19H2,1H3,(H,33,34,35);4-11,17-18,20,25H,3,12-16H2,1-2H3,(H,33,37)(H,31,32,34);1,3-8,10-11,15-16,24-25,30H,9,12-14,17H2,(H,31,32,33);2-11,16,24-25,29H,1,12-15,17H2,(H,30,31,32). The van der Waals surface area contributed by atoms with Gasteiger partial charge in [-0.3, -0.25) is 47.3 Å². The van der Waals surface area contributed by atoms with E-state index >= 15 is 0 Å².